The van der Waals surface area contributed by atoms with Crippen molar-refractivity contribution in [2.24, 2.45) is 0 Å². The van der Waals surface area contributed by atoms with Crippen molar-refractivity contribution in [1.29, 1.82) is 0 Å². The number of anilines is 3. The quantitative estimate of drug-likeness (QED) is 0.179. The van der Waals surface area contributed by atoms with Crippen LogP contribution in [0.4, 0.5) is 17.1 Å². The first kappa shape index (κ1) is 35.6. The average Bonchev–Trinajstić information content (AvgIpc) is 3.37. The third-order valence-corrected chi connectivity index (χ3v) is 14.8. The number of fused-ring (bicyclic) bond motifs is 6. The molecule has 0 saturated carbocycles. The lowest BCUT2D eigenvalue weighted by Gasteiger charge is -2.47. The summed E-state index contributed by atoms with van der Waals surface area (Å²) in [6.07, 6.45) is 9.61. The molecule has 5 aromatic rings. The molecule has 1 nitrogen and oxygen atoms in total. The van der Waals surface area contributed by atoms with E-state index >= 15 is 0 Å². The van der Waals surface area contributed by atoms with Gasteiger partial charge in [0.2, 0.25) is 0 Å². The van der Waals surface area contributed by atoms with Crippen LogP contribution in [-0.4, -0.2) is 0 Å². The van der Waals surface area contributed by atoms with Crippen LogP contribution in [-0.2, 0) is 39.9 Å². The normalized spacial score (nSPS) is 20.6. The Morgan fingerprint density at radius 3 is 1.56 bits per heavy atom. The van der Waals surface area contributed by atoms with Crippen molar-refractivity contribution in [3.63, 3.8) is 0 Å². The molecule has 5 aromatic carbocycles. The lowest BCUT2D eigenvalue weighted by atomic mass is 9.62. The van der Waals surface area contributed by atoms with E-state index < -0.39 is 0 Å². The third kappa shape index (κ3) is 5.23. The van der Waals surface area contributed by atoms with Gasteiger partial charge in [0.25, 0.3) is 0 Å². The minimum Gasteiger partial charge on any atom is -0.309 e. The van der Waals surface area contributed by atoms with Gasteiger partial charge in [-0.1, -0.05) is 136 Å². The Hall–Kier alpha value is -4.10. The predicted molar refractivity (Wildman–Crippen MR) is 231 cm³/mol. The first-order valence-corrected chi connectivity index (χ1v) is 21.0. The van der Waals surface area contributed by atoms with Crippen LogP contribution in [0, 0.1) is 0 Å². The molecule has 0 radical (unpaired) electrons. The Labute approximate surface area is 326 Å². The molecule has 0 aromatic heterocycles. The summed E-state index contributed by atoms with van der Waals surface area (Å²) in [6, 6.07) is 36.2. The van der Waals surface area contributed by atoms with Crippen LogP contribution < -0.4 is 4.90 Å². The highest BCUT2D eigenvalue weighted by atomic mass is 15.2. The van der Waals surface area contributed by atoms with Crippen LogP contribution in [0.3, 0.4) is 0 Å². The molecule has 0 fully saturated rings. The molecule has 4 aliphatic carbocycles. The van der Waals surface area contributed by atoms with Gasteiger partial charge in [-0.05, 0) is 158 Å². The zero-order valence-corrected chi connectivity index (χ0v) is 34.8. The van der Waals surface area contributed by atoms with Crippen molar-refractivity contribution in [3.05, 3.63) is 136 Å². The molecule has 0 amide bonds. The molecular formula is C53H61N. The van der Waals surface area contributed by atoms with Crippen LogP contribution in [0.1, 0.15) is 152 Å². The van der Waals surface area contributed by atoms with Crippen molar-refractivity contribution < 1.29 is 0 Å². The van der Waals surface area contributed by atoms with Crippen molar-refractivity contribution in [3.8, 4) is 22.3 Å². The second-order valence-electron chi connectivity index (χ2n) is 20.5. The van der Waals surface area contributed by atoms with Crippen LogP contribution in [0.5, 0.6) is 0 Å². The molecular weight excluding hydrogens is 651 g/mol. The SMILES string of the molecule is CC1(C)CCC(C)(C)c2c(N(c3cc4c(cc3-c3cccc5c3CCCC5)-c3ccccc3C4(C)C)c3cccc4c3C(C)(C)CCC4(C)C)cccc21. The third-order valence-electron chi connectivity index (χ3n) is 14.8. The molecule has 0 unspecified atom stereocenters. The maximum atomic E-state index is 2.79. The summed E-state index contributed by atoms with van der Waals surface area (Å²) in [7, 11) is 0. The predicted octanol–water partition coefficient (Wildman–Crippen LogP) is 14.7. The largest absolute Gasteiger partial charge is 0.309 e. The van der Waals surface area contributed by atoms with E-state index in [1.54, 1.807) is 5.56 Å². The van der Waals surface area contributed by atoms with Gasteiger partial charge in [0, 0.05) is 11.0 Å². The summed E-state index contributed by atoms with van der Waals surface area (Å²) >= 11 is 0. The topological polar surface area (TPSA) is 3.24 Å². The van der Waals surface area contributed by atoms with Gasteiger partial charge in [-0.2, -0.15) is 0 Å². The summed E-state index contributed by atoms with van der Waals surface area (Å²) in [5.74, 6) is 0. The molecule has 0 spiro atoms. The van der Waals surface area contributed by atoms with E-state index in [0.29, 0.717) is 0 Å². The number of hydrogen-bond donors (Lipinski definition) is 0. The Kier molecular flexibility index (Phi) is 7.88. The number of aryl methyl sites for hydroxylation is 1. The molecule has 0 atom stereocenters. The van der Waals surface area contributed by atoms with Crippen LogP contribution >= 0.6 is 0 Å². The zero-order chi connectivity index (χ0) is 38.0. The lowest BCUT2D eigenvalue weighted by Crippen LogP contribution is -2.37. The fourth-order valence-corrected chi connectivity index (χ4v) is 11.3. The zero-order valence-electron chi connectivity index (χ0n) is 34.8. The lowest BCUT2D eigenvalue weighted by molar-refractivity contribution is 0.331. The summed E-state index contributed by atoms with van der Waals surface area (Å²) in [4.78, 5) is 2.79. The Morgan fingerprint density at radius 1 is 0.407 bits per heavy atom. The van der Waals surface area contributed by atoms with E-state index in [9.17, 15) is 0 Å². The number of benzene rings is 5. The average molecular weight is 712 g/mol. The summed E-state index contributed by atoms with van der Waals surface area (Å²) < 4.78 is 0. The highest BCUT2D eigenvalue weighted by molar-refractivity contribution is 5.97. The molecule has 0 saturated heterocycles. The van der Waals surface area contributed by atoms with E-state index in [1.165, 1.54) is 123 Å². The minimum atomic E-state index is -0.115. The van der Waals surface area contributed by atoms with Crippen molar-refractivity contribution >= 4 is 17.1 Å². The van der Waals surface area contributed by atoms with Gasteiger partial charge in [-0.25, -0.2) is 0 Å². The van der Waals surface area contributed by atoms with Crippen LogP contribution in [0.25, 0.3) is 22.3 Å². The van der Waals surface area contributed by atoms with Gasteiger partial charge in [0.15, 0.2) is 0 Å². The van der Waals surface area contributed by atoms with Crippen LogP contribution in [0.2, 0.25) is 0 Å². The highest BCUT2D eigenvalue weighted by Crippen LogP contribution is 2.59. The monoisotopic (exact) mass is 711 g/mol. The standard InChI is InChI=1S/C53H61N/c1-49(2)28-30-51(5,6)47-41(49)24-16-26-44(47)54(45-27-17-25-42-48(45)52(7,8)31-29-50(42,3)4)46-33-43-38(37-21-13-14-23-40(37)53(43,9)10)32-39(46)36-22-15-19-34-18-11-12-20-35(34)36/h13-17,19,21-27,32-33H,11-12,18,20,28-31H2,1-10H3. The van der Waals surface area contributed by atoms with Crippen LogP contribution in [0.15, 0.2) is 91.0 Å². The Morgan fingerprint density at radius 2 is 0.926 bits per heavy atom. The van der Waals surface area contributed by atoms with E-state index in [-0.39, 0.29) is 27.1 Å². The molecule has 0 N–H and O–H groups in total. The summed E-state index contributed by atoms with van der Waals surface area (Å²) in [6.45, 7) is 24.8. The summed E-state index contributed by atoms with van der Waals surface area (Å²) in [5.41, 5.74) is 21.8. The maximum absolute atomic E-state index is 2.79. The number of nitrogens with zero attached hydrogens (tertiary/aromatic N) is 1. The van der Waals surface area contributed by atoms with Gasteiger partial charge >= 0.3 is 0 Å². The first-order valence-electron chi connectivity index (χ1n) is 21.0. The van der Waals surface area contributed by atoms with Crippen molar-refractivity contribution in [2.75, 3.05) is 4.90 Å². The highest BCUT2D eigenvalue weighted by Gasteiger charge is 2.44. The molecule has 0 heterocycles. The van der Waals surface area contributed by atoms with E-state index in [2.05, 4.69) is 165 Å². The molecule has 278 valence electrons. The fraction of sp³-hybridized carbons (Fsp3) is 0.434. The van der Waals surface area contributed by atoms with E-state index in [1.807, 2.05) is 0 Å². The van der Waals surface area contributed by atoms with Crippen molar-refractivity contribution in [2.45, 2.75) is 148 Å². The first-order chi connectivity index (χ1) is 25.5. The van der Waals surface area contributed by atoms with Gasteiger partial charge < -0.3 is 4.90 Å². The summed E-state index contributed by atoms with van der Waals surface area (Å²) in [5, 5.41) is 0. The molecule has 0 bridgehead atoms. The fourth-order valence-electron chi connectivity index (χ4n) is 11.3. The molecule has 4 aliphatic rings. The smallest absolute Gasteiger partial charge is 0.0543 e. The second kappa shape index (κ2) is 11.9. The second-order valence-corrected chi connectivity index (χ2v) is 20.5. The maximum Gasteiger partial charge on any atom is 0.0543 e. The van der Waals surface area contributed by atoms with Gasteiger partial charge in [-0.3, -0.25) is 0 Å². The molecule has 54 heavy (non-hydrogen) atoms. The van der Waals surface area contributed by atoms with Crippen molar-refractivity contribution in [1.82, 2.24) is 0 Å². The van der Waals surface area contributed by atoms with Gasteiger partial charge in [0.05, 0.1) is 17.1 Å². The number of hydrogen-bond acceptors (Lipinski definition) is 1. The Balaban J connectivity index is 1.45. The molecule has 9 rings (SSSR count). The molecule has 1 heteroatoms. The minimum absolute atomic E-state index is 0.0294. The van der Waals surface area contributed by atoms with Gasteiger partial charge in [-0.15, -0.1) is 0 Å². The number of rotatable bonds is 4. The Bertz CT molecular complexity index is 2240. The van der Waals surface area contributed by atoms with Gasteiger partial charge in [0.1, 0.15) is 0 Å². The van der Waals surface area contributed by atoms with E-state index in [0.717, 1.165) is 6.42 Å². The van der Waals surface area contributed by atoms with E-state index in [4.69, 9.17) is 0 Å². The molecule has 0 aliphatic heterocycles.